The van der Waals surface area contributed by atoms with E-state index in [-0.39, 0.29) is 5.91 Å². The first-order valence-electron chi connectivity index (χ1n) is 7.94. The van der Waals surface area contributed by atoms with Gasteiger partial charge in [-0.3, -0.25) is 14.4 Å². The van der Waals surface area contributed by atoms with Crippen LogP contribution < -0.4 is 10.2 Å². The number of hydrogen-bond donors (Lipinski definition) is 1. The number of carbonyl (C=O) groups excluding carboxylic acids is 1. The Labute approximate surface area is 136 Å². The maximum absolute atomic E-state index is 12.2. The molecule has 23 heavy (non-hydrogen) atoms. The quantitative estimate of drug-likeness (QED) is 0.929. The Balaban J connectivity index is 1.49. The van der Waals surface area contributed by atoms with Gasteiger partial charge in [-0.2, -0.15) is 5.10 Å². The van der Waals surface area contributed by atoms with E-state index in [9.17, 15) is 4.79 Å². The van der Waals surface area contributed by atoms with E-state index in [1.165, 1.54) is 5.69 Å². The van der Waals surface area contributed by atoms with Crippen LogP contribution in [0, 0.1) is 6.92 Å². The van der Waals surface area contributed by atoms with Gasteiger partial charge in [0, 0.05) is 45.0 Å². The van der Waals surface area contributed by atoms with Crippen molar-refractivity contribution in [2.45, 2.75) is 6.92 Å². The summed E-state index contributed by atoms with van der Waals surface area (Å²) in [6.45, 7) is 6.02. The third-order valence-electron chi connectivity index (χ3n) is 4.13. The summed E-state index contributed by atoms with van der Waals surface area (Å²) in [6, 6.07) is 12.3. The third kappa shape index (κ3) is 3.90. The van der Waals surface area contributed by atoms with Crippen LogP contribution in [0.25, 0.3) is 0 Å². The number of anilines is 2. The lowest BCUT2D eigenvalue weighted by Gasteiger charge is -2.35. The summed E-state index contributed by atoms with van der Waals surface area (Å²) >= 11 is 0. The van der Waals surface area contributed by atoms with Crippen molar-refractivity contribution in [3.05, 3.63) is 42.1 Å². The van der Waals surface area contributed by atoms with Crippen LogP contribution in [0.1, 0.15) is 5.69 Å². The van der Waals surface area contributed by atoms with Crippen molar-refractivity contribution in [3.63, 3.8) is 0 Å². The van der Waals surface area contributed by atoms with Gasteiger partial charge < -0.3 is 10.2 Å². The molecule has 1 saturated heterocycles. The SMILES string of the molecule is Cc1cc(NC(=O)CN2CCN(c3ccccc3)CC2)n(C)n1. The number of nitrogens with one attached hydrogen (secondary N) is 1. The summed E-state index contributed by atoms with van der Waals surface area (Å²) in [5.41, 5.74) is 2.15. The fourth-order valence-corrected chi connectivity index (χ4v) is 2.92. The second-order valence-electron chi connectivity index (χ2n) is 5.94. The number of piperazine rings is 1. The number of aryl methyl sites for hydroxylation is 2. The first kappa shape index (κ1) is 15.6. The molecule has 0 radical (unpaired) electrons. The molecule has 122 valence electrons. The van der Waals surface area contributed by atoms with Crippen LogP contribution >= 0.6 is 0 Å². The molecule has 0 unspecified atom stereocenters. The molecular weight excluding hydrogens is 290 g/mol. The standard InChI is InChI=1S/C17H23N5O/c1-14-12-16(20(2)19-14)18-17(23)13-21-8-10-22(11-9-21)15-6-4-3-5-7-15/h3-7,12H,8-11,13H2,1-2H3,(H,18,23). The lowest BCUT2D eigenvalue weighted by Crippen LogP contribution is -2.48. The summed E-state index contributed by atoms with van der Waals surface area (Å²) in [5, 5.41) is 7.16. The van der Waals surface area contributed by atoms with Gasteiger partial charge in [-0.25, -0.2) is 0 Å². The minimum Gasteiger partial charge on any atom is -0.369 e. The summed E-state index contributed by atoms with van der Waals surface area (Å²) < 4.78 is 1.70. The highest BCUT2D eigenvalue weighted by atomic mass is 16.2. The number of amides is 1. The molecule has 6 nitrogen and oxygen atoms in total. The van der Waals surface area contributed by atoms with Gasteiger partial charge >= 0.3 is 0 Å². The van der Waals surface area contributed by atoms with Gasteiger partial charge in [0.25, 0.3) is 0 Å². The van der Waals surface area contributed by atoms with Crippen LogP contribution in [0.2, 0.25) is 0 Å². The van der Waals surface area contributed by atoms with E-state index in [0.717, 1.165) is 37.7 Å². The fraction of sp³-hybridized carbons (Fsp3) is 0.412. The Morgan fingerprint density at radius 2 is 1.87 bits per heavy atom. The topological polar surface area (TPSA) is 53.4 Å². The van der Waals surface area contributed by atoms with E-state index in [0.29, 0.717) is 6.54 Å². The van der Waals surface area contributed by atoms with Crippen LogP contribution in [0.3, 0.4) is 0 Å². The van der Waals surface area contributed by atoms with Crippen LogP contribution in [0.4, 0.5) is 11.5 Å². The van der Waals surface area contributed by atoms with Gasteiger partial charge in [-0.15, -0.1) is 0 Å². The maximum Gasteiger partial charge on any atom is 0.239 e. The molecule has 1 aromatic carbocycles. The van der Waals surface area contributed by atoms with E-state index < -0.39 is 0 Å². The zero-order valence-electron chi connectivity index (χ0n) is 13.7. The number of carbonyl (C=O) groups is 1. The van der Waals surface area contributed by atoms with Crippen molar-refractivity contribution >= 4 is 17.4 Å². The Morgan fingerprint density at radius 3 is 2.48 bits per heavy atom. The summed E-state index contributed by atoms with van der Waals surface area (Å²) in [6.07, 6.45) is 0. The average molecular weight is 313 g/mol. The van der Waals surface area contributed by atoms with Crippen molar-refractivity contribution in [2.75, 3.05) is 42.9 Å². The zero-order valence-corrected chi connectivity index (χ0v) is 13.7. The van der Waals surface area contributed by atoms with E-state index in [4.69, 9.17) is 0 Å². The van der Waals surface area contributed by atoms with Gasteiger partial charge in [-0.1, -0.05) is 18.2 Å². The molecule has 0 atom stereocenters. The predicted molar refractivity (Wildman–Crippen MR) is 91.7 cm³/mol. The Hall–Kier alpha value is -2.34. The van der Waals surface area contributed by atoms with E-state index in [2.05, 4.69) is 44.5 Å². The van der Waals surface area contributed by atoms with Crippen molar-refractivity contribution in [1.29, 1.82) is 0 Å². The van der Waals surface area contributed by atoms with Crippen molar-refractivity contribution < 1.29 is 4.79 Å². The van der Waals surface area contributed by atoms with E-state index in [1.54, 1.807) is 4.68 Å². The molecule has 0 bridgehead atoms. The molecule has 0 saturated carbocycles. The fourth-order valence-electron chi connectivity index (χ4n) is 2.92. The number of hydrogen-bond acceptors (Lipinski definition) is 4. The molecule has 3 rings (SSSR count). The maximum atomic E-state index is 12.2. The van der Waals surface area contributed by atoms with Crippen molar-refractivity contribution in [1.82, 2.24) is 14.7 Å². The van der Waals surface area contributed by atoms with Gasteiger partial charge in [0.2, 0.25) is 5.91 Å². The molecule has 0 aliphatic carbocycles. The van der Waals surface area contributed by atoms with Crippen LogP contribution in [0.5, 0.6) is 0 Å². The van der Waals surface area contributed by atoms with Crippen LogP contribution in [-0.4, -0.2) is 53.3 Å². The zero-order chi connectivity index (χ0) is 16.2. The molecular formula is C17H23N5O. The second-order valence-corrected chi connectivity index (χ2v) is 5.94. The molecule has 2 heterocycles. The Morgan fingerprint density at radius 1 is 1.17 bits per heavy atom. The van der Waals surface area contributed by atoms with Crippen molar-refractivity contribution in [2.24, 2.45) is 7.05 Å². The predicted octanol–water partition coefficient (Wildman–Crippen LogP) is 1.49. The number of para-hydroxylation sites is 1. The van der Waals surface area contributed by atoms with Gasteiger partial charge in [0.15, 0.2) is 0 Å². The Kier molecular flexibility index (Phi) is 4.62. The minimum atomic E-state index is 0.0150. The van der Waals surface area contributed by atoms with Crippen molar-refractivity contribution in [3.8, 4) is 0 Å². The lowest BCUT2D eigenvalue weighted by atomic mass is 10.2. The normalized spacial score (nSPS) is 15.7. The van der Waals surface area contributed by atoms with Gasteiger partial charge in [0.05, 0.1) is 12.2 Å². The van der Waals surface area contributed by atoms with E-state index in [1.807, 2.05) is 26.1 Å². The monoisotopic (exact) mass is 313 g/mol. The molecule has 6 heteroatoms. The summed E-state index contributed by atoms with van der Waals surface area (Å²) in [7, 11) is 1.83. The summed E-state index contributed by atoms with van der Waals surface area (Å²) in [4.78, 5) is 16.7. The van der Waals surface area contributed by atoms with Crippen LogP contribution in [0.15, 0.2) is 36.4 Å². The molecule has 1 fully saturated rings. The third-order valence-corrected chi connectivity index (χ3v) is 4.13. The number of aromatic nitrogens is 2. The Bertz CT molecular complexity index is 659. The highest BCUT2D eigenvalue weighted by molar-refractivity contribution is 5.91. The number of benzene rings is 1. The largest absolute Gasteiger partial charge is 0.369 e. The molecule has 1 amide bonds. The molecule has 1 aliphatic rings. The number of rotatable bonds is 4. The highest BCUT2D eigenvalue weighted by Crippen LogP contribution is 2.15. The number of nitrogens with zero attached hydrogens (tertiary/aromatic N) is 4. The van der Waals surface area contributed by atoms with Crippen LogP contribution in [-0.2, 0) is 11.8 Å². The first-order chi connectivity index (χ1) is 11.1. The average Bonchev–Trinajstić information content (AvgIpc) is 2.86. The van der Waals surface area contributed by atoms with E-state index >= 15 is 0 Å². The minimum absolute atomic E-state index is 0.0150. The smallest absolute Gasteiger partial charge is 0.239 e. The molecule has 0 spiro atoms. The molecule has 1 N–H and O–H groups in total. The molecule has 1 aromatic heterocycles. The second kappa shape index (κ2) is 6.83. The highest BCUT2D eigenvalue weighted by Gasteiger charge is 2.19. The molecule has 1 aliphatic heterocycles. The van der Waals surface area contributed by atoms with Gasteiger partial charge in [0.1, 0.15) is 5.82 Å². The first-order valence-corrected chi connectivity index (χ1v) is 7.94. The summed E-state index contributed by atoms with van der Waals surface area (Å²) in [5.74, 6) is 0.761. The molecule has 2 aromatic rings. The lowest BCUT2D eigenvalue weighted by molar-refractivity contribution is -0.117. The van der Waals surface area contributed by atoms with Gasteiger partial charge in [-0.05, 0) is 19.1 Å².